The first-order chi connectivity index (χ1) is 38.5. The van der Waals surface area contributed by atoms with Crippen LogP contribution in [0.5, 0.6) is 0 Å². The van der Waals surface area contributed by atoms with E-state index in [1.807, 2.05) is 0 Å². The van der Waals surface area contributed by atoms with Crippen LogP contribution in [-0.2, 0) is 14.3 Å². The molecule has 6 heteroatoms. The molecule has 1 amide bonds. The van der Waals surface area contributed by atoms with Crippen molar-refractivity contribution in [1.29, 1.82) is 0 Å². The Hall–Kier alpha value is -1.14. The van der Waals surface area contributed by atoms with Gasteiger partial charge in [-0.05, 0) is 25.7 Å². The third-order valence-electron chi connectivity index (χ3n) is 17.4. The van der Waals surface area contributed by atoms with E-state index in [1.54, 1.807) is 0 Å². The Bertz CT molecular complexity index is 1130. The molecule has 0 fully saturated rings. The number of rotatable bonds is 69. The van der Waals surface area contributed by atoms with Crippen LogP contribution >= 0.6 is 0 Å². The molecular formula is C72H143NO5. The van der Waals surface area contributed by atoms with Gasteiger partial charge in [0.05, 0.1) is 25.4 Å². The molecule has 0 saturated heterocycles. The second-order valence-electron chi connectivity index (χ2n) is 25.3. The van der Waals surface area contributed by atoms with Crippen molar-refractivity contribution in [2.24, 2.45) is 0 Å². The maximum absolute atomic E-state index is 12.6. The van der Waals surface area contributed by atoms with Crippen LogP contribution in [0.4, 0.5) is 0 Å². The summed E-state index contributed by atoms with van der Waals surface area (Å²) in [4.78, 5) is 24.6. The first kappa shape index (κ1) is 76.9. The summed E-state index contributed by atoms with van der Waals surface area (Å²) in [5.74, 6) is -0.00722. The van der Waals surface area contributed by atoms with Crippen LogP contribution in [0.25, 0.3) is 0 Å². The number of hydrogen-bond donors (Lipinski definition) is 3. The summed E-state index contributed by atoms with van der Waals surface area (Å²) < 4.78 is 5.50. The zero-order valence-electron chi connectivity index (χ0n) is 53.4. The first-order valence-corrected chi connectivity index (χ1v) is 36.3. The fourth-order valence-electron chi connectivity index (χ4n) is 11.9. The molecule has 6 nitrogen and oxygen atoms in total. The van der Waals surface area contributed by atoms with Gasteiger partial charge < -0.3 is 20.3 Å². The van der Waals surface area contributed by atoms with Crippen molar-refractivity contribution >= 4 is 11.9 Å². The molecule has 0 aromatic rings. The molecule has 0 saturated carbocycles. The number of unbranched alkanes of at least 4 members (excludes halogenated alkanes) is 58. The van der Waals surface area contributed by atoms with E-state index in [4.69, 9.17) is 4.74 Å². The van der Waals surface area contributed by atoms with E-state index in [0.717, 1.165) is 38.5 Å². The van der Waals surface area contributed by atoms with Crippen molar-refractivity contribution < 1.29 is 24.5 Å². The van der Waals surface area contributed by atoms with Gasteiger partial charge in [-0.1, -0.05) is 386 Å². The van der Waals surface area contributed by atoms with Crippen LogP contribution in [0.2, 0.25) is 0 Å². The third kappa shape index (κ3) is 64.0. The van der Waals surface area contributed by atoms with Crippen LogP contribution in [0.15, 0.2) is 0 Å². The van der Waals surface area contributed by atoms with Gasteiger partial charge in [0.15, 0.2) is 0 Å². The molecule has 0 radical (unpaired) electrons. The lowest BCUT2D eigenvalue weighted by atomic mass is 10.0. The van der Waals surface area contributed by atoms with E-state index in [2.05, 4.69) is 19.2 Å². The summed E-state index contributed by atoms with van der Waals surface area (Å²) >= 11 is 0. The molecule has 2 unspecified atom stereocenters. The van der Waals surface area contributed by atoms with Crippen molar-refractivity contribution in [1.82, 2.24) is 5.32 Å². The van der Waals surface area contributed by atoms with Crippen LogP contribution in [0.1, 0.15) is 425 Å². The van der Waals surface area contributed by atoms with Crippen LogP contribution in [0.3, 0.4) is 0 Å². The quantitative estimate of drug-likeness (QED) is 0.0417. The van der Waals surface area contributed by atoms with Crippen molar-refractivity contribution in [3.63, 3.8) is 0 Å². The second kappa shape index (κ2) is 68.4. The Kier molecular flexibility index (Phi) is 67.4. The number of amides is 1. The minimum Gasteiger partial charge on any atom is -0.466 e. The standard InChI is InChI=1S/C72H143NO5/c1-3-5-7-9-11-13-15-17-19-20-21-22-28-31-34-37-40-44-48-52-56-60-64-70(75)69(68-74)73-71(76)65-61-57-53-49-45-41-38-35-32-29-26-24-23-25-27-30-33-36-39-43-47-51-55-59-63-67-78-72(77)66-62-58-54-50-46-42-18-16-14-12-10-8-6-4-2/h69-70,74-75H,3-68H2,1-2H3,(H,73,76). The zero-order valence-corrected chi connectivity index (χ0v) is 53.4. The minimum absolute atomic E-state index is 0.0202. The third-order valence-corrected chi connectivity index (χ3v) is 17.4. The predicted molar refractivity (Wildman–Crippen MR) is 343 cm³/mol. The number of carbonyl (C=O) groups is 2. The Morgan fingerprint density at radius 3 is 0.782 bits per heavy atom. The lowest BCUT2D eigenvalue weighted by molar-refractivity contribution is -0.143. The van der Waals surface area contributed by atoms with Gasteiger partial charge in [-0.15, -0.1) is 0 Å². The lowest BCUT2D eigenvalue weighted by Gasteiger charge is -2.22. The highest BCUT2D eigenvalue weighted by molar-refractivity contribution is 5.76. The Balaban J connectivity index is 3.35. The molecule has 0 rings (SSSR count). The monoisotopic (exact) mass is 1100 g/mol. The molecule has 0 aliphatic heterocycles. The van der Waals surface area contributed by atoms with Gasteiger partial charge >= 0.3 is 5.97 Å². The number of nitrogens with one attached hydrogen (secondary N) is 1. The number of hydrogen-bond acceptors (Lipinski definition) is 5. The Morgan fingerprint density at radius 2 is 0.526 bits per heavy atom. The normalized spacial score (nSPS) is 12.4. The minimum atomic E-state index is -0.663. The molecule has 0 aliphatic carbocycles. The number of ether oxygens (including phenoxy) is 1. The van der Waals surface area contributed by atoms with Crippen molar-refractivity contribution in [3.05, 3.63) is 0 Å². The van der Waals surface area contributed by atoms with E-state index in [1.165, 1.54) is 353 Å². The fourth-order valence-corrected chi connectivity index (χ4v) is 11.9. The fraction of sp³-hybridized carbons (Fsp3) is 0.972. The van der Waals surface area contributed by atoms with Gasteiger partial charge in [0, 0.05) is 12.8 Å². The van der Waals surface area contributed by atoms with Crippen LogP contribution in [-0.4, -0.2) is 47.4 Å². The molecule has 466 valence electrons. The number of esters is 1. The van der Waals surface area contributed by atoms with Gasteiger partial charge in [0.1, 0.15) is 0 Å². The average Bonchev–Trinajstić information content (AvgIpc) is 3.44. The SMILES string of the molecule is CCCCCCCCCCCCCCCCCCCCCCCCC(O)C(CO)NC(=O)CCCCCCCCCCCCCCCCCCCCCCCCCCCOC(=O)CCCCCCCCCCCCCCCC. The summed E-state index contributed by atoms with van der Waals surface area (Å²) in [6, 6.07) is -0.540. The smallest absolute Gasteiger partial charge is 0.305 e. The van der Waals surface area contributed by atoms with Gasteiger partial charge in [-0.25, -0.2) is 0 Å². The second-order valence-corrected chi connectivity index (χ2v) is 25.3. The molecule has 0 spiro atoms. The highest BCUT2D eigenvalue weighted by atomic mass is 16.5. The maximum Gasteiger partial charge on any atom is 0.305 e. The van der Waals surface area contributed by atoms with Crippen molar-refractivity contribution in [3.8, 4) is 0 Å². The van der Waals surface area contributed by atoms with Crippen LogP contribution < -0.4 is 5.32 Å². The summed E-state index contributed by atoms with van der Waals surface area (Å²) in [6.45, 7) is 5.01. The molecule has 3 N–H and O–H groups in total. The van der Waals surface area contributed by atoms with Gasteiger partial charge in [0.2, 0.25) is 5.91 Å². The van der Waals surface area contributed by atoms with Gasteiger partial charge in [-0.3, -0.25) is 9.59 Å². The predicted octanol–water partition coefficient (Wildman–Crippen LogP) is 23.4. The van der Waals surface area contributed by atoms with Crippen molar-refractivity contribution in [2.75, 3.05) is 13.2 Å². The van der Waals surface area contributed by atoms with Crippen LogP contribution in [0, 0.1) is 0 Å². The molecule has 0 aliphatic rings. The van der Waals surface area contributed by atoms with Crippen molar-refractivity contribution in [2.45, 2.75) is 437 Å². The van der Waals surface area contributed by atoms with E-state index < -0.39 is 12.1 Å². The maximum atomic E-state index is 12.6. The summed E-state index contributed by atoms with van der Waals surface area (Å²) in [6.07, 6.45) is 83.0. The number of aliphatic hydroxyl groups is 2. The van der Waals surface area contributed by atoms with E-state index in [9.17, 15) is 19.8 Å². The molecule has 2 atom stereocenters. The number of carbonyl (C=O) groups excluding carboxylic acids is 2. The number of aliphatic hydroxyl groups excluding tert-OH is 2. The molecule has 78 heavy (non-hydrogen) atoms. The largest absolute Gasteiger partial charge is 0.466 e. The van der Waals surface area contributed by atoms with E-state index in [-0.39, 0.29) is 18.5 Å². The summed E-state index contributed by atoms with van der Waals surface area (Å²) in [5, 5.41) is 23.4. The van der Waals surface area contributed by atoms with E-state index in [0.29, 0.717) is 25.9 Å². The molecule has 0 aromatic heterocycles. The molecular weight excluding hydrogens is 959 g/mol. The first-order valence-electron chi connectivity index (χ1n) is 36.3. The average molecular weight is 1100 g/mol. The lowest BCUT2D eigenvalue weighted by Crippen LogP contribution is -2.45. The zero-order chi connectivity index (χ0) is 56.4. The van der Waals surface area contributed by atoms with Gasteiger partial charge in [-0.2, -0.15) is 0 Å². The molecule has 0 aromatic carbocycles. The molecule has 0 heterocycles. The highest BCUT2D eigenvalue weighted by Gasteiger charge is 2.20. The Labute approximate surface area is 489 Å². The summed E-state index contributed by atoms with van der Waals surface area (Å²) in [7, 11) is 0. The Morgan fingerprint density at radius 1 is 0.308 bits per heavy atom. The summed E-state index contributed by atoms with van der Waals surface area (Å²) in [5.41, 5.74) is 0. The topological polar surface area (TPSA) is 95.9 Å². The molecule has 0 bridgehead atoms. The van der Waals surface area contributed by atoms with E-state index >= 15 is 0 Å². The highest BCUT2D eigenvalue weighted by Crippen LogP contribution is 2.20. The van der Waals surface area contributed by atoms with Gasteiger partial charge in [0.25, 0.3) is 0 Å².